The van der Waals surface area contributed by atoms with Gasteiger partial charge in [0.25, 0.3) is 0 Å². The first-order chi connectivity index (χ1) is 13.5. The lowest BCUT2D eigenvalue weighted by molar-refractivity contribution is -0.129. The lowest BCUT2D eigenvalue weighted by Gasteiger charge is -2.29. The second-order valence-electron chi connectivity index (χ2n) is 7.54. The number of nitrogens with one attached hydrogen (secondary N) is 1. The number of hydrogen-bond acceptors (Lipinski definition) is 3. The number of carbonyl (C=O) groups is 2. The van der Waals surface area contributed by atoms with Gasteiger partial charge in [-0.3, -0.25) is 9.59 Å². The third-order valence-corrected chi connectivity index (χ3v) is 5.92. The third-order valence-electron chi connectivity index (χ3n) is 5.92. The molecule has 2 aromatic rings. The number of nitrogens with zero attached hydrogens (tertiary/aromatic N) is 1. The molecule has 28 heavy (non-hydrogen) atoms. The van der Waals surface area contributed by atoms with Crippen molar-refractivity contribution in [3.8, 4) is 5.75 Å². The number of benzene rings is 2. The Morgan fingerprint density at radius 2 is 1.93 bits per heavy atom. The van der Waals surface area contributed by atoms with Crippen molar-refractivity contribution in [1.82, 2.24) is 10.2 Å². The fourth-order valence-corrected chi connectivity index (χ4v) is 4.35. The first-order valence-electron chi connectivity index (χ1n) is 9.48. The van der Waals surface area contributed by atoms with Gasteiger partial charge in [0.2, 0.25) is 11.8 Å². The first-order valence-corrected chi connectivity index (χ1v) is 9.48. The Labute approximate surface area is 163 Å². The molecule has 0 radical (unpaired) electrons. The molecule has 0 spiro atoms. The summed E-state index contributed by atoms with van der Waals surface area (Å²) < 4.78 is 18.6. The Hall–Kier alpha value is -2.89. The van der Waals surface area contributed by atoms with Crippen molar-refractivity contribution in [1.29, 1.82) is 0 Å². The molecule has 2 aromatic carbocycles. The molecule has 146 valence electrons. The van der Waals surface area contributed by atoms with Gasteiger partial charge >= 0.3 is 0 Å². The molecule has 2 heterocycles. The molecule has 0 aliphatic carbocycles. The normalized spacial score (nSPS) is 23.6. The number of fused-ring (bicyclic) bond motifs is 1. The Kier molecular flexibility index (Phi) is 4.79. The lowest BCUT2D eigenvalue weighted by Crippen LogP contribution is -2.46. The van der Waals surface area contributed by atoms with Crippen LogP contribution in [-0.4, -0.2) is 36.4 Å². The van der Waals surface area contributed by atoms with E-state index in [1.807, 2.05) is 29.2 Å². The summed E-state index contributed by atoms with van der Waals surface area (Å²) in [5.74, 6) is 0.383. The molecule has 5 nitrogen and oxygen atoms in total. The monoisotopic (exact) mass is 382 g/mol. The number of rotatable bonds is 5. The maximum Gasteiger partial charge on any atom is 0.232 e. The van der Waals surface area contributed by atoms with Crippen LogP contribution in [-0.2, 0) is 21.5 Å². The van der Waals surface area contributed by atoms with E-state index in [0.717, 1.165) is 23.3 Å². The molecule has 2 atom stereocenters. The highest BCUT2D eigenvalue weighted by atomic mass is 19.1. The van der Waals surface area contributed by atoms with Crippen LogP contribution in [0.15, 0.2) is 48.5 Å². The number of halogens is 1. The van der Waals surface area contributed by atoms with Gasteiger partial charge in [0.05, 0.1) is 12.5 Å². The zero-order valence-corrected chi connectivity index (χ0v) is 15.8. The van der Waals surface area contributed by atoms with Gasteiger partial charge in [-0.05, 0) is 48.2 Å². The molecule has 0 bridgehead atoms. The minimum Gasteiger partial charge on any atom is -0.497 e. The van der Waals surface area contributed by atoms with Gasteiger partial charge in [0.15, 0.2) is 0 Å². The van der Waals surface area contributed by atoms with Crippen LogP contribution in [0, 0.1) is 5.82 Å². The van der Waals surface area contributed by atoms with Crippen LogP contribution < -0.4 is 10.1 Å². The summed E-state index contributed by atoms with van der Waals surface area (Å²) in [5, 5.41) is 3.02. The fraction of sp³-hybridized carbons (Fsp3) is 0.364. The van der Waals surface area contributed by atoms with E-state index in [9.17, 15) is 14.0 Å². The average molecular weight is 382 g/mol. The van der Waals surface area contributed by atoms with E-state index in [0.29, 0.717) is 25.9 Å². The minimum absolute atomic E-state index is 0.0734. The Balaban J connectivity index is 1.57. The molecular weight excluding hydrogens is 359 g/mol. The van der Waals surface area contributed by atoms with E-state index in [-0.39, 0.29) is 23.7 Å². The Morgan fingerprint density at radius 1 is 1.21 bits per heavy atom. The highest BCUT2D eigenvalue weighted by Gasteiger charge is 2.53. The van der Waals surface area contributed by atoms with Crippen molar-refractivity contribution in [3.05, 3.63) is 65.5 Å². The highest BCUT2D eigenvalue weighted by Crippen LogP contribution is 2.43. The fourth-order valence-electron chi connectivity index (χ4n) is 4.35. The summed E-state index contributed by atoms with van der Waals surface area (Å²) in [6.07, 6.45) is 1.88. The molecule has 1 N–H and O–H groups in total. The van der Waals surface area contributed by atoms with Gasteiger partial charge in [0, 0.05) is 25.6 Å². The maximum absolute atomic E-state index is 13.4. The van der Waals surface area contributed by atoms with Gasteiger partial charge in [-0.25, -0.2) is 4.39 Å². The van der Waals surface area contributed by atoms with Crippen molar-refractivity contribution < 1.29 is 18.7 Å². The molecule has 4 rings (SSSR count). The molecule has 2 saturated heterocycles. The van der Waals surface area contributed by atoms with E-state index in [4.69, 9.17) is 4.74 Å². The smallest absolute Gasteiger partial charge is 0.232 e. The predicted molar refractivity (Wildman–Crippen MR) is 102 cm³/mol. The second-order valence-corrected chi connectivity index (χ2v) is 7.54. The molecule has 2 aliphatic rings. The van der Waals surface area contributed by atoms with E-state index in [2.05, 4.69) is 5.32 Å². The standard InChI is InChI=1S/C22H23FN2O3/c1-28-19-9-2-15(3-10-19)13-24-21(27)22(16-4-6-17(23)7-5-16)12-18-8-11-20(26)25(18)14-22/h2-7,9-10,18H,8,11-14H2,1H3,(H,24,27)/t18-,22-/m0/s1. The molecule has 0 saturated carbocycles. The summed E-state index contributed by atoms with van der Waals surface area (Å²) >= 11 is 0. The molecule has 0 unspecified atom stereocenters. The quantitative estimate of drug-likeness (QED) is 0.865. The van der Waals surface area contributed by atoms with Gasteiger partial charge in [-0.2, -0.15) is 0 Å². The zero-order valence-electron chi connectivity index (χ0n) is 15.8. The van der Waals surface area contributed by atoms with Crippen LogP contribution in [0.1, 0.15) is 30.4 Å². The van der Waals surface area contributed by atoms with Crippen LogP contribution in [0.5, 0.6) is 5.75 Å². The summed E-state index contributed by atoms with van der Waals surface area (Å²) in [7, 11) is 1.61. The SMILES string of the molecule is COc1ccc(CNC(=O)[C@@]2(c3ccc(F)cc3)C[C@@H]3CCC(=O)N3C2)cc1. The number of methoxy groups -OCH3 is 1. The van der Waals surface area contributed by atoms with Gasteiger partial charge in [-0.15, -0.1) is 0 Å². The maximum atomic E-state index is 13.4. The number of amides is 2. The summed E-state index contributed by atoms with van der Waals surface area (Å²) in [6, 6.07) is 13.6. The van der Waals surface area contributed by atoms with Crippen molar-refractivity contribution in [2.75, 3.05) is 13.7 Å². The minimum atomic E-state index is -0.846. The van der Waals surface area contributed by atoms with Crippen LogP contribution in [0.2, 0.25) is 0 Å². The number of carbonyl (C=O) groups excluding carboxylic acids is 2. The van der Waals surface area contributed by atoms with Crippen LogP contribution in [0.3, 0.4) is 0 Å². The largest absolute Gasteiger partial charge is 0.497 e. The molecule has 2 fully saturated rings. The van der Waals surface area contributed by atoms with Crippen LogP contribution >= 0.6 is 0 Å². The second kappa shape index (κ2) is 7.26. The summed E-state index contributed by atoms with van der Waals surface area (Å²) in [4.78, 5) is 27.3. The van der Waals surface area contributed by atoms with Gasteiger partial charge in [-0.1, -0.05) is 24.3 Å². The summed E-state index contributed by atoms with van der Waals surface area (Å²) in [5.41, 5.74) is 0.863. The van der Waals surface area contributed by atoms with Crippen molar-refractivity contribution >= 4 is 11.8 Å². The topological polar surface area (TPSA) is 58.6 Å². The van der Waals surface area contributed by atoms with E-state index in [1.54, 1.807) is 19.2 Å². The Bertz CT molecular complexity index is 882. The number of hydrogen-bond donors (Lipinski definition) is 1. The first kappa shape index (κ1) is 18.5. The molecular formula is C22H23FN2O3. The highest BCUT2D eigenvalue weighted by molar-refractivity contribution is 5.91. The lowest BCUT2D eigenvalue weighted by atomic mass is 9.77. The predicted octanol–water partition coefficient (Wildman–Crippen LogP) is 2.78. The van der Waals surface area contributed by atoms with E-state index in [1.165, 1.54) is 12.1 Å². The van der Waals surface area contributed by atoms with Gasteiger partial charge < -0.3 is 15.0 Å². The van der Waals surface area contributed by atoms with Crippen molar-refractivity contribution in [3.63, 3.8) is 0 Å². The van der Waals surface area contributed by atoms with Crippen molar-refractivity contribution in [2.45, 2.75) is 37.3 Å². The van der Waals surface area contributed by atoms with E-state index < -0.39 is 5.41 Å². The molecule has 6 heteroatoms. The average Bonchev–Trinajstić information content (AvgIpc) is 3.27. The van der Waals surface area contributed by atoms with Crippen LogP contribution in [0.25, 0.3) is 0 Å². The van der Waals surface area contributed by atoms with Gasteiger partial charge in [0.1, 0.15) is 11.6 Å². The van der Waals surface area contributed by atoms with E-state index >= 15 is 0 Å². The summed E-state index contributed by atoms with van der Waals surface area (Å²) in [6.45, 7) is 0.723. The number of ether oxygens (including phenoxy) is 1. The van der Waals surface area contributed by atoms with Crippen LogP contribution in [0.4, 0.5) is 4.39 Å². The zero-order chi connectivity index (χ0) is 19.7. The van der Waals surface area contributed by atoms with Crippen molar-refractivity contribution in [2.24, 2.45) is 0 Å². The third kappa shape index (κ3) is 3.23. The molecule has 0 aromatic heterocycles. The Morgan fingerprint density at radius 3 is 2.57 bits per heavy atom. The molecule has 2 aliphatic heterocycles. The molecule has 2 amide bonds.